The first-order valence-corrected chi connectivity index (χ1v) is 8.03. The van der Waals surface area contributed by atoms with E-state index < -0.39 is 17.3 Å². The van der Waals surface area contributed by atoms with Gasteiger partial charge in [-0.05, 0) is 37.5 Å². The van der Waals surface area contributed by atoms with Gasteiger partial charge in [-0.25, -0.2) is 4.39 Å². The monoisotopic (exact) mass is 338 g/mol. The van der Waals surface area contributed by atoms with Crippen LogP contribution in [0.2, 0.25) is 0 Å². The van der Waals surface area contributed by atoms with E-state index in [-0.39, 0.29) is 24.7 Å². The van der Waals surface area contributed by atoms with Crippen LogP contribution in [0.25, 0.3) is 0 Å². The Morgan fingerprint density at radius 1 is 1.46 bits per heavy atom. The third-order valence-corrected chi connectivity index (χ3v) is 4.09. The van der Waals surface area contributed by atoms with E-state index in [0.717, 1.165) is 0 Å². The maximum Gasteiger partial charge on any atom is 0.254 e. The van der Waals surface area contributed by atoms with Gasteiger partial charge in [-0.15, -0.1) is 0 Å². The predicted octanol–water partition coefficient (Wildman–Crippen LogP) is 1.21. The number of rotatable bonds is 5. The number of benzene rings is 1. The molecule has 2 rings (SSSR count). The molecule has 0 spiro atoms. The van der Waals surface area contributed by atoms with Crippen molar-refractivity contribution in [1.82, 2.24) is 10.2 Å². The van der Waals surface area contributed by atoms with Crippen molar-refractivity contribution in [2.75, 3.05) is 19.7 Å². The molecule has 2 amide bonds. The second kappa shape index (κ2) is 7.61. The summed E-state index contributed by atoms with van der Waals surface area (Å²) in [4.78, 5) is 25.2. The van der Waals surface area contributed by atoms with Crippen molar-refractivity contribution in [2.45, 2.75) is 38.8 Å². The first kappa shape index (κ1) is 18.2. The van der Waals surface area contributed by atoms with Gasteiger partial charge in [0.15, 0.2) is 17.2 Å². The predicted molar refractivity (Wildman–Crippen MR) is 85.9 cm³/mol. The van der Waals surface area contributed by atoms with Gasteiger partial charge in [-0.2, -0.15) is 0 Å². The molecule has 1 unspecified atom stereocenters. The lowest BCUT2D eigenvalue weighted by Gasteiger charge is -2.37. The molecule has 1 heterocycles. The maximum atomic E-state index is 13.8. The number of nitrogens with zero attached hydrogens (tertiary/aromatic N) is 1. The lowest BCUT2D eigenvalue weighted by atomic mass is 9.91. The van der Waals surface area contributed by atoms with Crippen LogP contribution in [0.3, 0.4) is 0 Å². The molecule has 1 aromatic rings. The minimum Gasteiger partial charge on any atom is -0.491 e. The maximum absolute atomic E-state index is 13.8. The van der Waals surface area contributed by atoms with Gasteiger partial charge < -0.3 is 20.1 Å². The lowest BCUT2D eigenvalue weighted by molar-refractivity contribution is -0.150. The van der Waals surface area contributed by atoms with Gasteiger partial charge in [0.25, 0.3) is 5.91 Å². The Kier molecular flexibility index (Phi) is 5.77. The van der Waals surface area contributed by atoms with Crippen molar-refractivity contribution in [1.29, 1.82) is 0 Å². The number of piperidine rings is 1. The highest BCUT2D eigenvalue weighted by Crippen LogP contribution is 2.22. The molecular weight excluding hydrogens is 315 g/mol. The molecule has 0 aliphatic carbocycles. The molecule has 24 heavy (non-hydrogen) atoms. The van der Waals surface area contributed by atoms with E-state index in [9.17, 15) is 19.1 Å². The topological polar surface area (TPSA) is 78.9 Å². The summed E-state index contributed by atoms with van der Waals surface area (Å²) >= 11 is 0. The lowest BCUT2D eigenvalue weighted by Crippen LogP contribution is -2.57. The highest BCUT2D eigenvalue weighted by molar-refractivity contribution is 5.86. The molecule has 0 aromatic heterocycles. The van der Waals surface area contributed by atoms with Crippen molar-refractivity contribution >= 4 is 11.8 Å². The summed E-state index contributed by atoms with van der Waals surface area (Å²) in [5, 5.41) is 13.1. The summed E-state index contributed by atoms with van der Waals surface area (Å²) in [7, 11) is 0. The number of amides is 2. The Morgan fingerprint density at radius 3 is 2.83 bits per heavy atom. The molecule has 0 bridgehead atoms. The van der Waals surface area contributed by atoms with E-state index in [1.807, 2.05) is 0 Å². The number of nitrogens with one attached hydrogen (secondary N) is 1. The van der Waals surface area contributed by atoms with Crippen LogP contribution < -0.4 is 10.1 Å². The third kappa shape index (κ3) is 4.23. The van der Waals surface area contributed by atoms with E-state index in [1.54, 1.807) is 13.0 Å². The van der Waals surface area contributed by atoms with E-state index in [2.05, 4.69) is 5.32 Å². The van der Waals surface area contributed by atoms with Crippen LogP contribution in [0.5, 0.6) is 5.75 Å². The SMILES string of the molecule is CCOc1ccc(CNC(=O)C2(O)CCCN(C(C)=O)C2)cc1F. The van der Waals surface area contributed by atoms with Gasteiger partial charge in [-0.1, -0.05) is 6.07 Å². The summed E-state index contributed by atoms with van der Waals surface area (Å²) in [5.74, 6) is -1.06. The second-order valence-electron chi connectivity index (χ2n) is 5.96. The minimum atomic E-state index is -1.60. The number of halogens is 1. The summed E-state index contributed by atoms with van der Waals surface area (Å²) in [6.07, 6.45) is 0.849. The number of hydrogen-bond donors (Lipinski definition) is 2. The van der Waals surface area contributed by atoms with Gasteiger partial charge in [-0.3, -0.25) is 9.59 Å². The molecule has 132 valence electrons. The Hall–Kier alpha value is -2.15. The molecule has 6 nitrogen and oxygen atoms in total. The number of ether oxygens (including phenoxy) is 1. The number of carbonyl (C=O) groups is 2. The zero-order valence-electron chi connectivity index (χ0n) is 14.0. The molecule has 1 aliphatic rings. The van der Waals surface area contributed by atoms with E-state index in [4.69, 9.17) is 4.74 Å². The van der Waals surface area contributed by atoms with Crippen molar-refractivity contribution < 1.29 is 23.8 Å². The first-order chi connectivity index (χ1) is 11.4. The Labute approximate surface area is 140 Å². The third-order valence-electron chi connectivity index (χ3n) is 4.09. The summed E-state index contributed by atoms with van der Waals surface area (Å²) < 4.78 is 18.9. The van der Waals surface area contributed by atoms with Crippen molar-refractivity contribution in [3.05, 3.63) is 29.6 Å². The number of β-amino-alcohol motifs (C(OH)–C–C–N with tert-alkyl or cyclic N) is 1. The summed E-state index contributed by atoms with van der Waals surface area (Å²) in [6, 6.07) is 4.45. The van der Waals surface area contributed by atoms with Crippen LogP contribution in [-0.2, 0) is 16.1 Å². The minimum absolute atomic E-state index is 0.0220. The van der Waals surface area contributed by atoms with Gasteiger partial charge in [0, 0.05) is 20.0 Å². The van der Waals surface area contributed by atoms with E-state index in [0.29, 0.717) is 31.6 Å². The summed E-state index contributed by atoms with van der Waals surface area (Å²) in [6.45, 7) is 4.15. The van der Waals surface area contributed by atoms with Crippen molar-refractivity contribution in [3.8, 4) is 5.75 Å². The summed E-state index contributed by atoms with van der Waals surface area (Å²) in [5.41, 5.74) is -1.04. The standard InChI is InChI=1S/C17H23FN2O4/c1-3-24-15-6-5-13(9-14(15)18)10-19-16(22)17(23)7-4-8-20(11-17)12(2)21/h5-6,9,23H,3-4,7-8,10-11H2,1-2H3,(H,19,22). The smallest absolute Gasteiger partial charge is 0.254 e. The second-order valence-corrected chi connectivity index (χ2v) is 5.96. The Morgan fingerprint density at radius 2 is 2.21 bits per heavy atom. The molecule has 1 atom stereocenters. The van der Waals surface area contributed by atoms with Gasteiger partial charge in [0.1, 0.15) is 0 Å². The molecule has 2 N–H and O–H groups in total. The molecule has 1 saturated heterocycles. The average Bonchev–Trinajstić information content (AvgIpc) is 2.55. The van der Waals surface area contributed by atoms with Crippen LogP contribution in [0.15, 0.2) is 18.2 Å². The Balaban J connectivity index is 1.97. The Bertz CT molecular complexity index is 623. The molecule has 1 fully saturated rings. The van der Waals surface area contributed by atoms with Crippen LogP contribution in [0.4, 0.5) is 4.39 Å². The highest BCUT2D eigenvalue weighted by atomic mass is 19.1. The van der Waals surface area contributed by atoms with Crippen LogP contribution >= 0.6 is 0 Å². The molecule has 1 aliphatic heterocycles. The number of hydrogen-bond acceptors (Lipinski definition) is 4. The average molecular weight is 338 g/mol. The zero-order chi connectivity index (χ0) is 17.7. The van der Waals surface area contributed by atoms with Gasteiger partial charge in [0.2, 0.25) is 5.91 Å². The van der Waals surface area contributed by atoms with Crippen LogP contribution in [0.1, 0.15) is 32.3 Å². The fourth-order valence-corrected chi connectivity index (χ4v) is 2.76. The normalized spacial score (nSPS) is 20.6. The van der Waals surface area contributed by atoms with E-state index >= 15 is 0 Å². The number of aliphatic hydroxyl groups is 1. The molecule has 0 saturated carbocycles. The van der Waals surface area contributed by atoms with Crippen molar-refractivity contribution in [3.63, 3.8) is 0 Å². The van der Waals surface area contributed by atoms with E-state index in [1.165, 1.54) is 24.0 Å². The van der Waals surface area contributed by atoms with Crippen LogP contribution in [0, 0.1) is 5.82 Å². The highest BCUT2D eigenvalue weighted by Gasteiger charge is 2.40. The van der Waals surface area contributed by atoms with Crippen LogP contribution in [-0.4, -0.2) is 47.1 Å². The number of likely N-dealkylation sites (tertiary alicyclic amines) is 1. The fourth-order valence-electron chi connectivity index (χ4n) is 2.76. The van der Waals surface area contributed by atoms with Gasteiger partial charge >= 0.3 is 0 Å². The van der Waals surface area contributed by atoms with Gasteiger partial charge in [0.05, 0.1) is 13.2 Å². The van der Waals surface area contributed by atoms with Crippen molar-refractivity contribution in [2.24, 2.45) is 0 Å². The molecule has 7 heteroatoms. The number of carbonyl (C=O) groups excluding carboxylic acids is 2. The molecule has 0 radical (unpaired) electrons. The zero-order valence-corrected chi connectivity index (χ0v) is 14.0. The molecule has 1 aromatic carbocycles. The first-order valence-electron chi connectivity index (χ1n) is 8.03. The fraction of sp³-hybridized carbons (Fsp3) is 0.529. The largest absolute Gasteiger partial charge is 0.491 e. The quantitative estimate of drug-likeness (QED) is 0.846. The molecular formula is C17H23FN2O4.